The maximum Gasteiger partial charge on any atom is 0.323 e. The quantitative estimate of drug-likeness (QED) is 0.668. The highest BCUT2D eigenvalue weighted by atomic mass is 79.9. The molecule has 2 N–H and O–H groups in total. The molecule has 0 radical (unpaired) electrons. The van der Waals surface area contributed by atoms with Gasteiger partial charge in [-0.25, -0.2) is 4.79 Å². The van der Waals surface area contributed by atoms with E-state index in [9.17, 15) is 4.79 Å². The Morgan fingerprint density at radius 1 is 1.16 bits per heavy atom. The second kappa shape index (κ2) is 7.85. The zero-order valence-corrected chi connectivity index (χ0v) is 15.2. The van der Waals surface area contributed by atoms with Crippen LogP contribution in [0.4, 0.5) is 16.2 Å². The van der Waals surface area contributed by atoms with E-state index in [0.717, 1.165) is 10.0 Å². The number of anilines is 2. The molecule has 2 amide bonds. The summed E-state index contributed by atoms with van der Waals surface area (Å²) < 4.78 is 7.94. The van der Waals surface area contributed by atoms with Crippen LogP contribution in [0.1, 0.15) is 5.56 Å². The van der Waals surface area contributed by atoms with Crippen LogP contribution in [0.3, 0.4) is 0 Å². The van der Waals surface area contributed by atoms with E-state index in [1.807, 2.05) is 36.4 Å². The first-order valence-corrected chi connectivity index (χ1v) is 8.40. The van der Waals surface area contributed by atoms with Gasteiger partial charge in [-0.15, -0.1) is 0 Å². The van der Waals surface area contributed by atoms with Crippen molar-refractivity contribution in [3.05, 3.63) is 71.0 Å². The molecule has 0 saturated carbocycles. The molecular weight excluding hydrogens is 384 g/mol. The van der Waals surface area contributed by atoms with E-state index in [4.69, 9.17) is 4.74 Å². The van der Waals surface area contributed by atoms with E-state index in [0.29, 0.717) is 23.7 Å². The van der Waals surface area contributed by atoms with Crippen LogP contribution in [-0.4, -0.2) is 22.9 Å². The fraction of sp³-hybridized carbons (Fsp3) is 0.111. The van der Waals surface area contributed by atoms with Gasteiger partial charge in [0.25, 0.3) is 0 Å². The Morgan fingerprint density at radius 2 is 1.92 bits per heavy atom. The van der Waals surface area contributed by atoms with Gasteiger partial charge in [-0.05, 0) is 29.8 Å². The smallest absolute Gasteiger partial charge is 0.323 e. The van der Waals surface area contributed by atoms with Gasteiger partial charge in [0.05, 0.1) is 25.5 Å². The fourth-order valence-electron chi connectivity index (χ4n) is 2.29. The molecule has 0 aliphatic carbocycles. The molecule has 1 heterocycles. The van der Waals surface area contributed by atoms with Crippen molar-refractivity contribution in [2.45, 2.75) is 6.54 Å². The molecule has 3 rings (SSSR count). The first-order chi connectivity index (χ1) is 12.1. The number of hydrogen-bond donors (Lipinski definition) is 2. The minimum Gasteiger partial charge on any atom is -0.497 e. The highest BCUT2D eigenvalue weighted by Crippen LogP contribution is 2.17. The number of carbonyl (C=O) groups excluding carboxylic acids is 1. The molecule has 25 heavy (non-hydrogen) atoms. The highest BCUT2D eigenvalue weighted by molar-refractivity contribution is 9.10. The molecule has 0 aliphatic heterocycles. The maximum absolute atomic E-state index is 12.1. The van der Waals surface area contributed by atoms with E-state index in [-0.39, 0.29) is 6.03 Å². The largest absolute Gasteiger partial charge is 0.497 e. The summed E-state index contributed by atoms with van der Waals surface area (Å²) >= 11 is 3.41. The number of hydrogen-bond acceptors (Lipinski definition) is 3. The molecule has 2 aromatic carbocycles. The minimum absolute atomic E-state index is 0.337. The van der Waals surface area contributed by atoms with E-state index in [2.05, 4.69) is 31.7 Å². The van der Waals surface area contributed by atoms with Crippen molar-refractivity contribution in [3.63, 3.8) is 0 Å². The van der Waals surface area contributed by atoms with Crippen LogP contribution < -0.4 is 15.4 Å². The highest BCUT2D eigenvalue weighted by Gasteiger charge is 2.06. The molecule has 0 aliphatic rings. The van der Waals surface area contributed by atoms with Gasteiger partial charge in [0.2, 0.25) is 0 Å². The van der Waals surface area contributed by atoms with E-state index < -0.39 is 0 Å². The Balaban J connectivity index is 1.58. The zero-order valence-electron chi connectivity index (χ0n) is 13.6. The zero-order chi connectivity index (χ0) is 17.6. The summed E-state index contributed by atoms with van der Waals surface area (Å²) in [6.45, 7) is 0.631. The summed E-state index contributed by atoms with van der Waals surface area (Å²) in [6.07, 6.45) is 3.40. The first-order valence-electron chi connectivity index (χ1n) is 7.61. The van der Waals surface area contributed by atoms with E-state index in [1.165, 1.54) is 0 Å². The third kappa shape index (κ3) is 4.84. The summed E-state index contributed by atoms with van der Waals surface area (Å²) in [5, 5.41) is 9.78. The average molecular weight is 401 g/mol. The molecule has 7 heteroatoms. The number of ether oxygens (including phenoxy) is 1. The lowest BCUT2D eigenvalue weighted by atomic mass is 10.2. The van der Waals surface area contributed by atoms with E-state index >= 15 is 0 Å². The lowest BCUT2D eigenvalue weighted by Gasteiger charge is -2.07. The molecule has 0 saturated heterocycles. The van der Waals surface area contributed by atoms with Crippen molar-refractivity contribution in [2.24, 2.45) is 0 Å². The summed E-state index contributed by atoms with van der Waals surface area (Å²) in [4.78, 5) is 12.1. The molecule has 0 fully saturated rings. The van der Waals surface area contributed by atoms with Crippen LogP contribution >= 0.6 is 15.9 Å². The number of rotatable bonds is 5. The summed E-state index contributed by atoms with van der Waals surface area (Å²) in [6, 6.07) is 14.8. The van der Waals surface area contributed by atoms with Gasteiger partial charge in [-0.2, -0.15) is 5.10 Å². The van der Waals surface area contributed by atoms with Crippen molar-refractivity contribution < 1.29 is 9.53 Å². The Morgan fingerprint density at radius 3 is 2.68 bits per heavy atom. The molecule has 1 aromatic heterocycles. The minimum atomic E-state index is -0.337. The number of nitrogens with one attached hydrogen (secondary N) is 2. The van der Waals surface area contributed by atoms with Gasteiger partial charge in [-0.3, -0.25) is 4.68 Å². The predicted molar refractivity (Wildman–Crippen MR) is 101 cm³/mol. The molecule has 3 aromatic rings. The Bertz CT molecular complexity index is 862. The number of benzene rings is 2. The molecule has 0 atom stereocenters. The maximum atomic E-state index is 12.1. The molecule has 0 bridgehead atoms. The monoisotopic (exact) mass is 400 g/mol. The second-order valence-corrected chi connectivity index (χ2v) is 6.28. The Hall–Kier alpha value is -2.80. The fourth-order valence-corrected chi connectivity index (χ4v) is 2.55. The van der Waals surface area contributed by atoms with Crippen LogP contribution in [-0.2, 0) is 6.54 Å². The van der Waals surface area contributed by atoms with Gasteiger partial charge in [0.1, 0.15) is 5.75 Å². The second-order valence-electron chi connectivity index (χ2n) is 5.36. The number of carbonyl (C=O) groups is 1. The predicted octanol–water partition coefficient (Wildman–Crippen LogP) is 4.35. The van der Waals surface area contributed by atoms with Gasteiger partial charge < -0.3 is 15.4 Å². The van der Waals surface area contributed by atoms with Gasteiger partial charge in [-0.1, -0.05) is 34.1 Å². The number of aromatic nitrogens is 2. The number of amides is 2. The number of nitrogens with zero attached hydrogens (tertiary/aromatic N) is 2. The lowest BCUT2D eigenvalue weighted by Crippen LogP contribution is -2.19. The normalized spacial score (nSPS) is 10.3. The van der Waals surface area contributed by atoms with Gasteiger partial charge in [0, 0.05) is 22.4 Å². The molecular formula is C18H17BrN4O2. The lowest BCUT2D eigenvalue weighted by molar-refractivity contribution is 0.262. The van der Waals surface area contributed by atoms with Crippen molar-refractivity contribution >= 4 is 33.3 Å². The number of methoxy groups -OCH3 is 1. The molecule has 0 spiro atoms. The number of halogens is 1. The van der Waals surface area contributed by atoms with Crippen molar-refractivity contribution in [1.82, 2.24) is 9.78 Å². The standard InChI is InChI=1S/C18H17BrN4O2/c1-25-17-4-2-3-15(9-17)21-18(24)22-16-10-20-23(12-16)11-13-5-7-14(19)8-6-13/h2-10,12H,11H2,1H3,(H2,21,22,24). The number of urea groups is 1. The summed E-state index contributed by atoms with van der Waals surface area (Å²) in [5.41, 5.74) is 2.40. The van der Waals surface area contributed by atoms with Crippen LogP contribution in [0, 0.1) is 0 Å². The average Bonchev–Trinajstić information content (AvgIpc) is 3.04. The third-order valence-corrected chi connectivity index (χ3v) is 4.01. The SMILES string of the molecule is COc1cccc(NC(=O)Nc2cnn(Cc3ccc(Br)cc3)c2)c1. The summed E-state index contributed by atoms with van der Waals surface area (Å²) in [7, 11) is 1.58. The Kier molecular flexibility index (Phi) is 5.35. The van der Waals surface area contributed by atoms with Crippen LogP contribution in [0.2, 0.25) is 0 Å². The molecule has 6 nitrogen and oxygen atoms in total. The third-order valence-electron chi connectivity index (χ3n) is 3.48. The summed E-state index contributed by atoms with van der Waals surface area (Å²) in [5.74, 6) is 0.681. The van der Waals surface area contributed by atoms with Crippen LogP contribution in [0.5, 0.6) is 5.75 Å². The Labute approximate surface area is 153 Å². The first kappa shape index (κ1) is 17.0. The molecule has 0 unspecified atom stereocenters. The molecule has 128 valence electrons. The van der Waals surface area contributed by atoms with Crippen molar-refractivity contribution in [2.75, 3.05) is 17.7 Å². The van der Waals surface area contributed by atoms with Crippen molar-refractivity contribution in [1.29, 1.82) is 0 Å². The van der Waals surface area contributed by atoms with Gasteiger partial charge >= 0.3 is 6.03 Å². The van der Waals surface area contributed by atoms with Crippen LogP contribution in [0.15, 0.2) is 65.4 Å². The van der Waals surface area contributed by atoms with Crippen molar-refractivity contribution in [3.8, 4) is 5.75 Å². The van der Waals surface area contributed by atoms with E-state index in [1.54, 1.807) is 36.3 Å². The van der Waals surface area contributed by atoms with Gasteiger partial charge in [0.15, 0.2) is 0 Å². The van der Waals surface area contributed by atoms with Crippen LogP contribution in [0.25, 0.3) is 0 Å². The topological polar surface area (TPSA) is 68.2 Å².